The smallest absolute Gasteiger partial charge is 0.0391 e. The average molecular weight is 269 g/mol. The Morgan fingerprint density at radius 2 is 1.67 bits per heavy atom. The SMILES string of the molecule is CCNC(CS(C)=O)C12CC3CC(CC(C3)C1)C2. The van der Waals surface area contributed by atoms with Crippen molar-refractivity contribution >= 4 is 10.8 Å². The summed E-state index contributed by atoms with van der Waals surface area (Å²) in [5, 5.41) is 3.68. The van der Waals surface area contributed by atoms with Gasteiger partial charge >= 0.3 is 0 Å². The van der Waals surface area contributed by atoms with E-state index in [0.29, 0.717) is 11.5 Å². The molecule has 0 aromatic rings. The minimum absolute atomic E-state index is 0.496. The first-order valence-corrected chi connectivity index (χ1v) is 9.37. The molecule has 1 N–H and O–H groups in total. The second kappa shape index (κ2) is 4.90. The Morgan fingerprint density at radius 1 is 1.17 bits per heavy atom. The summed E-state index contributed by atoms with van der Waals surface area (Å²) < 4.78 is 11.7. The number of nitrogens with one attached hydrogen (secondary N) is 1. The van der Waals surface area contributed by atoms with Gasteiger partial charge in [0.15, 0.2) is 0 Å². The van der Waals surface area contributed by atoms with E-state index in [4.69, 9.17) is 0 Å². The Morgan fingerprint density at radius 3 is 2.06 bits per heavy atom. The molecule has 4 bridgehead atoms. The fourth-order valence-electron chi connectivity index (χ4n) is 5.54. The van der Waals surface area contributed by atoms with E-state index in [2.05, 4.69) is 12.2 Å². The highest BCUT2D eigenvalue weighted by molar-refractivity contribution is 7.84. The molecule has 0 aliphatic heterocycles. The van der Waals surface area contributed by atoms with Crippen molar-refractivity contribution in [1.82, 2.24) is 5.32 Å². The van der Waals surface area contributed by atoms with Crippen LogP contribution in [0.15, 0.2) is 0 Å². The third-order valence-corrected chi connectivity index (χ3v) is 6.48. The molecule has 0 saturated heterocycles. The molecule has 3 heteroatoms. The standard InChI is InChI=1S/C15H27NOS/c1-3-16-14(10-18(2)17)15-7-11-4-12(8-15)6-13(5-11)9-15/h11-14,16H,3-10H2,1-2H3. The third kappa shape index (κ3) is 2.29. The molecule has 0 spiro atoms. The predicted octanol–water partition coefficient (Wildman–Crippen LogP) is 2.56. The van der Waals surface area contributed by atoms with Crippen LogP contribution >= 0.6 is 0 Å². The molecule has 4 aliphatic carbocycles. The molecule has 0 radical (unpaired) electrons. The van der Waals surface area contributed by atoms with E-state index in [1.807, 2.05) is 6.26 Å². The lowest BCUT2D eigenvalue weighted by atomic mass is 9.48. The lowest BCUT2D eigenvalue weighted by Gasteiger charge is -2.59. The molecule has 2 unspecified atom stereocenters. The van der Waals surface area contributed by atoms with Gasteiger partial charge in [-0.25, -0.2) is 0 Å². The number of rotatable bonds is 5. The fourth-order valence-corrected chi connectivity index (χ4v) is 6.48. The van der Waals surface area contributed by atoms with Crippen molar-refractivity contribution in [2.75, 3.05) is 18.6 Å². The van der Waals surface area contributed by atoms with Crippen LogP contribution in [0.3, 0.4) is 0 Å². The molecule has 4 saturated carbocycles. The summed E-state index contributed by atoms with van der Waals surface area (Å²) in [4.78, 5) is 0. The maximum absolute atomic E-state index is 11.7. The molecule has 0 amide bonds. The van der Waals surface area contributed by atoms with Crippen molar-refractivity contribution < 1.29 is 4.21 Å². The fraction of sp³-hybridized carbons (Fsp3) is 1.00. The molecule has 0 aromatic carbocycles. The molecular formula is C15H27NOS. The van der Waals surface area contributed by atoms with E-state index in [1.54, 1.807) is 0 Å². The molecule has 4 rings (SSSR count). The van der Waals surface area contributed by atoms with Crippen molar-refractivity contribution in [2.45, 2.75) is 51.5 Å². The predicted molar refractivity (Wildman–Crippen MR) is 77.0 cm³/mol. The first kappa shape index (κ1) is 13.1. The molecule has 0 aromatic heterocycles. The van der Waals surface area contributed by atoms with E-state index in [1.165, 1.54) is 38.5 Å². The van der Waals surface area contributed by atoms with Gasteiger partial charge in [0.2, 0.25) is 0 Å². The van der Waals surface area contributed by atoms with Crippen molar-refractivity contribution in [3.8, 4) is 0 Å². The Balaban J connectivity index is 1.81. The van der Waals surface area contributed by atoms with Crippen LogP contribution in [0.2, 0.25) is 0 Å². The van der Waals surface area contributed by atoms with Gasteiger partial charge in [0, 0.05) is 28.9 Å². The zero-order valence-corrected chi connectivity index (χ0v) is 12.6. The van der Waals surface area contributed by atoms with Crippen molar-refractivity contribution in [3.63, 3.8) is 0 Å². The number of hydrogen-bond donors (Lipinski definition) is 1. The first-order chi connectivity index (χ1) is 8.61. The molecule has 2 atom stereocenters. The van der Waals surface area contributed by atoms with Gasteiger partial charge in [0.25, 0.3) is 0 Å². The van der Waals surface area contributed by atoms with Crippen molar-refractivity contribution in [3.05, 3.63) is 0 Å². The van der Waals surface area contributed by atoms with Crippen LogP contribution in [0.1, 0.15) is 45.4 Å². The minimum atomic E-state index is -0.672. The molecule has 104 valence electrons. The van der Waals surface area contributed by atoms with Crippen LogP contribution in [0.5, 0.6) is 0 Å². The maximum Gasteiger partial charge on any atom is 0.0391 e. The van der Waals surface area contributed by atoms with Crippen molar-refractivity contribution in [1.29, 1.82) is 0 Å². The maximum atomic E-state index is 11.7. The summed E-state index contributed by atoms with van der Waals surface area (Å²) in [5.74, 6) is 3.83. The highest BCUT2D eigenvalue weighted by atomic mass is 32.2. The van der Waals surface area contributed by atoms with Gasteiger partial charge < -0.3 is 5.32 Å². The molecule has 4 fully saturated rings. The van der Waals surface area contributed by atoms with Gasteiger partial charge in [-0.1, -0.05) is 6.92 Å². The third-order valence-electron chi connectivity index (χ3n) is 5.68. The summed E-state index contributed by atoms with van der Waals surface area (Å²) in [5.41, 5.74) is 0.496. The number of hydrogen-bond acceptors (Lipinski definition) is 2. The Hall–Kier alpha value is 0.110. The second-order valence-electron chi connectivity index (χ2n) is 7.13. The monoisotopic (exact) mass is 269 g/mol. The van der Waals surface area contributed by atoms with Crippen LogP contribution in [0.25, 0.3) is 0 Å². The molecule has 2 nitrogen and oxygen atoms in total. The summed E-state index contributed by atoms with van der Waals surface area (Å²) in [6.07, 6.45) is 10.6. The highest BCUT2D eigenvalue weighted by Crippen LogP contribution is 2.61. The Kier molecular flexibility index (Phi) is 3.57. The average Bonchev–Trinajstić information content (AvgIpc) is 2.26. The van der Waals surface area contributed by atoms with Gasteiger partial charge in [0.05, 0.1) is 0 Å². The van der Waals surface area contributed by atoms with Crippen LogP contribution in [0.4, 0.5) is 0 Å². The van der Waals surface area contributed by atoms with Crippen molar-refractivity contribution in [2.24, 2.45) is 23.2 Å². The van der Waals surface area contributed by atoms with E-state index in [0.717, 1.165) is 30.1 Å². The lowest BCUT2D eigenvalue weighted by molar-refractivity contribution is -0.0692. The van der Waals surface area contributed by atoms with E-state index >= 15 is 0 Å². The topological polar surface area (TPSA) is 29.1 Å². The van der Waals surface area contributed by atoms with Crippen LogP contribution < -0.4 is 5.32 Å². The zero-order valence-electron chi connectivity index (χ0n) is 11.8. The van der Waals surface area contributed by atoms with E-state index in [-0.39, 0.29) is 0 Å². The van der Waals surface area contributed by atoms with Gasteiger partial charge in [-0.15, -0.1) is 0 Å². The highest BCUT2D eigenvalue weighted by Gasteiger charge is 2.53. The molecule has 0 heterocycles. The summed E-state index contributed by atoms with van der Waals surface area (Å²) in [6, 6.07) is 0.502. The zero-order chi connectivity index (χ0) is 12.8. The van der Waals surface area contributed by atoms with E-state index in [9.17, 15) is 4.21 Å². The Bertz CT molecular complexity index is 306. The lowest BCUT2D eigenvalue weighted by Crippen LogP contribution is -2.57. The normalized spacial score (nSPS) is 45.1. The van der Waals surface area contributed by atoms with Gasteiger partial charge in [-0.05, 0) is 68.2 Å². The van der Waals surface area contributed by atoms with Gasteiger partial charge in [0.1, 0.15) is 0 Å². The minimum Gasteiger partial charge on any atom is -0.313 e. The second-order valence-corrected chi connectivity index (χ2v) is 8.61. The Labute approximate surface area is 114 Å². The quantitative estimate of drug-likeness (QED) is 0.831. The summed E-state index contributed by atoms with van der Waals surface area (Å²) >= 11 is 0. The molecular weight excluding hydrogens is 242 g/mol. The van der Waals surface area contributed by atoms with Crippen LogP contribution in [-0.4, -0.2) is 28.8 Å². The molecule has 18 heavy (non-hydrogen) atoms. The van der Waals surface area contributed by atoms with E-state index < -0.39 is 10.8 Å². The van der Waals surface area contributed by atoms with Crippen LogP contribution in [-0.2, 0) is 10.8 Å². The summed E-state index contributed by atoms with van der Waals surface area (Å²) in [6.45, 7) is 3.20. The van der Waals surface area contributed by atoms with Gasteiger partial charge in [-0.2, -0.15) is 0 Å². The first-order valence-electron chi connectivity index (χ1n) is 7.64. The largest absolute Gasteiger partial charge is 0.313 e. The summed E-state index contributed by atoms with van der Waals surface area (Å²) in [7, 11) is -0.672. The molecule has 4 aliphatic rings. The van der Waals surface area contributed by atoms with Crippen LogP contribution in [0, 0.1) is 23.2 Å². The van der Waals surface area contributed by atoms with Gasteiger partial charge in [-0.3, -0.25) is 4.21 Å².